The fraction of sp³-hybridized carbons (Fsp3) is 0.100. The summed E-state index contributed by atoms with van der Waals surface area (Å²) in [7, 11) is 0. The summed E-state index contributed by atoms with van der Waals surface area (Å²) in [6.45, 7) is 1.68. The number of aromatic nitrogens is 2. The molecule has 17 heavy (non-hydrogen) atoms. The largest absolute Gasteiger partial charge is 0.328 e. The third-order valence-electron chi connectivity index (χ3n) is 1.92. The van der Waals surface area contributed by atoms with Crippen molar-refractivity contribution in [2.45, 2.75) is 6.92 Å². The van der Waals surface area contributed by atoms with Gasteiger partial charge in [0.25, 0.3) is 5.91 Å². The van der Waals surface area contributed by atoms with Gasteiger partial charge in [0.1, 0.15) is 0 Å². The lowest BCUT2D eigenvalue weighted by molar-refractivity contribution is 0.102. The smallest absolute Gasteiger partial charge is 0.315 e. The van der Waals surface area contributed by atoms with Crippen molar-refractivity contribution in [3.63, 3.8) is 0 Å². The second-order valence-electron chi connectivity index (χ2n) is 3.23. The number of hydrogen-bond acceptors (Lipinski definition) is 4. The zero-order valence-corrected chi connectivity index (χ0v) is 12.4. The molecule has 0 radical (unpaired) electrons. The van der Waals surface area contributed by atoms with E-state index in [2.05, 4.69) is 54.0 Å². The summed E-state index contributed by atoms with van der Waals surface area (Å²) < 4.78 is 6.50. The van der Waals surface area contributed by atoms with E-state index in [0.29, 0.717) is 15.9 Å². The summed E-state index contributed by atoms with van der Waals surface area (Å²) in [5, 5.41) is 6.12. The number of carbonyl (C=O) groups is 1. The number of nitrogens with zero attached hydrogens (tertiary/aromatic N) is 2. The Hall–Kier alpha value is -0.960. The van der Waals surface area contributed by atoms with Gasteiger partial charge in [0.05, 0.1) is 5.56 Å². The summed E-state index contributed by atoms with van der Waals surface area (Å²) in [6, 6.07) is 5.58. The van der Waals surface area contributed by atoms with Crippen molar-refractivity contribution in [2.24, 2.45) is 0 Å². The molecular weight excluding hydrogens is 401 g/mol. The fourth-order valence-electron chi connectivity index (χ4n) is 1.18. The monoisotopic (exact) mass is 407 g/mol. The zero-order valence-electron chi connectivity index (χ0n) is 8.70. The summed E-state index contributed by atoms with van der Waals surface area (Å²) in [4.78, 5) is 15.8. The van der Waals surface area contributed by atoms with E-state index in [9.17, 15) is 4.79 Å². The molecule has 2 aromatic rings. The molecule has 1 amide bonds. The normalized spacial score (nSPS) is 10.3. The van der Waals surface area contributed by atoms with Crippen molar-refractivity contribution in [3.8, 4) is 0 Å². The van der Waals surface area contributed by atoms with Crippen molar-refractivity contribution in [1.82, 2.24) is 10.1 Å². The van der Waals surface area contributed by atoms with Crippen LogP contribution in [0.15, 0.2) is 27.2 Å². The molecule has 0 aliphatic heterocycles. The first-order chi connectivity index (χ1) is 8.06. The highest BCUT2D eigenvalue weighted by Gasteiger charge is 2.13. The Morgan fingerprint density at radius 3 is 2.94 bits per heavy atom. The second-order valence-corrected chi connectivity index (χ2v) is 5.33. The van der Waals surface area contributed by atoms with E-state index in [-0.39, 0.29) is 11.9 Å². The highest BCUT2D eigenvalue weighted by molar-refractivity contribution is 14.1. The lowest BCUT2D eigenvalue weighted by Gasteiger charge is -2.03. The molecule has 0 saturated heterocycles. The highest BCUT2D eigenvalue weighted by atomic mass is 127. The summed E-state index contributed by atoms with van der Waals surface area (Å²) >= 11 is 5.46. The van der Waals surface area contributed by atoms with Gasteiger partial charge < -0.3 is 4.52 Å². The van der Waals surface area contributed by atoms with Crippen LogP contribution in [0.4, 0.5) is 6.01 Å². The van der Waals surface area contributed by atoms with Gasteiger partial charge in [0.2, 0.25) is 0 Å². The van der Waals surface area contributed by atoms with Crippen LogP contribution in [-0.2, 0) is 0 Å². The molecule has 0 aliphatic rings. The molecule has 0 aliphatic carbocycles. The molecule has 1 N–H and O–H groups in total. The first-order valence-corrected chi connectivity index (χ1v) is 6.50. The van der Waals surface area contributed by atoms with E-state index in [1.807, 2.05) is 12.1 Å². The Kier molecular flexibility index (Phi) is 3.77. The highest BCUT2D eigenvalue weighted by Crippen LogP contribution is 2.20. The molecule has 1 aromatic carbocycles. The fourth-order valence-corrected chi connectivity index (χ4v) is 2.10. The van der Waals surface area contributed by atoms with Crippen LogP contribution in [-0.4, -0.2) is 16.0 Å². The van der Waals surface area contributed by atoms with Gasteiger partial charge in [-0.05, 0) is 63.6 Å². The van der Waals surface area contributed by atoms with Crippen molar-refractivity contribution < 1.29 is 9.32 Å². The minimum absolute atomic E-state index is 0.0956. The third-order valence-corrected chi connectivity index (χ3v) is 3.28. The van der Waals surface area contributed by atoms with Crippen LogP contribution in [0, 0.1) is 10.5 Å². The van der Waals surface area contributed by atoms with E-state index in [4.69, 9.17) is 4.52 Å². The first-order valence-electron chi connectivity index (χ1n) is 4.63. The van der Waals surface area contributed by atoms with Gasteiger partial charge in [-0.15, -0.1) is 0 Å². The van der Waals surface area contributed by atoms with Crippen LogP contribution in [0.3, 0.4) is 0 Å². The predicted octanol–water partition coefficient (Wildman–Crippen LogP) is 3.00. The van der Waals surface area contributed by atoms with Gasteiger partial charge in [-0.25, -0.2) is 0 Å². The van der Waals surface area contributed by atoms with E-state index < -0.39 is 0 Å². The van der Waals surface area contributed by atoms with E-state index in [1.54, 1.807) is 13.0 Å². The van der Waals surface area contributed by atoms with Crippen molar-refractivity contribution in [2.75, 3.05) is 5.32 Å². The topological polar surface area (TPSA) is 68.0 Å². The molecule has 5 nitrogen and oxygen atoms in total. The Morgan fingerprint density at radius 2 is 2.29 bits per heavy atom. The third kappa shape index (κ3) is 3.03. The molecule has 1 aromatic heterocycles. The standard InChI is InChI=1S/C10H7BrIN3O2/c1-5-13-10(17-15-5)14-9(16)7-4-6(12)2-3-8(7)11/h2-4H,1H3,(H,13,14,15,16). The Balaban J connectivity index is 2.22. The number of amides is 1. The van der Waals surface area contributed by atoms with Gasteiger partial charge in [0, 0.05) is 8.04 Å². The lowest BCUT2D eigenvalue weighted by atomic mass is 10.2. The Bertz CT molecular complexity index is 570. The number of carbonyl (C=O) groups excluding carboxylic acids is 1. The number of rotatable bonds is 2. The minimum Gasteiger partial charge on any atom is -0.315 e. The molecule has 1 heterocycles. The quantitative estimate of drug-likeness (QED) is 0.777. The predicted molar refractivity (Wildman–Crippen MR) is 73.8 cm³/mol. The molecule has 0 spiro atoms. The van der Waals surface area contributed by atoms with Crippen LogP contribution in [0.5, 0.6) is 0 Å². The van der Waals surface area contributed by atoms with Gasteiger partial charge in [-0.1, -0.05) is 5.16 Å². The maximum absolute atomic E-state index is 11.9. The van der Waals surface area contributed by atoms with Crippen molar-refractivity contribution in [1.29, 1.82) is 0 Å². The van der Waals surface area contributed by atoms with Crippen LogP contribution >= 0.6 is 38.5 Å². The number of halogens is 2. The first kappa shape index (κ1) is 12.5. The van der Waals surface area contributed by atoms with Gasteiger partial charge >= 0.3 is 6.01 Å². The average Bonchev–Trinajstić information content (AvgIpc) is 2.67. The van der Waals surface area contributed by atoms with Gasteiger partial charge in [-0.2, -0.15) is 4.98 Å². The maximum atomic E-state index is 11.9. The number of anilines is 1. The number of hydrogen-bond donors (Lipinski definition) is 1. The molecule has 0 atom stereocenters. The average molecular weight is 408 g/mol. The molecule has 0 fully saturated rings. The van der Waals surface area contributed by atoms with Gasteiger partial charge in [-0.3, -0.25) is 10.1 Å². The number of benzene rings is 1. The molecule has 7 heteroatoms. The summed E-state index contributed by atoms with van der Waals surface area (Å²) in [6.07, 6.45) is 0. The van der Waals surface area contributed by atoms with E-state index in [0.717, 1.165) is 3.57 Å². The minimum atomic E-state index is -0.293. The molecule has 0 bridgehead atoms. The Labute approximate surface area is 119 Å². The van der Waals surface area contributed by atoms with Crippen LogP contribution in [0.1, 0.15) is 16.2 Å². The van der Waals surface area contributed by atoms with E-state index in [1.165, 1.54) is 0 Å². The molecular formula is C10H7BrIN3O2. The van der Waals surface area contributed by atoms with Crippen LogP contribution in [0.25, 0.3) is 0 Å². The number of aryl methyl sites for hydroxylation is 1. The molecule has 88 valence electrons. The number of nitrogens with one attached hydrogen (secondary N) is 1. The van der Waals surface area contributed by atoms with Crippen molar-refractivity contribution in [3.05, 3.63) is 37.6 Å². The van der Waals surface area contributed by atoms with E-state index >= 15 is 0 Å². The molecule has 0 unspecified atom stereocenters. The zero-order chi connectivity index (χ0) is 12.4. The maximum Gasteiger partial charge on any atom is 0.328 e. The van der Waals surface area contributed by atoms with Crippen LogP contribution < -0.4 is 5.32 Å². The van der Waals surface area contributed by atoms with Gasteiger partial charge in [0.15, 0.2) is 5.82 Å². The Morgan fingerprint density at radius 1 is 1.53 bits per heavy atom. The SMILES string of the molecule is Cc1noc(NC(=O)c2cc(I)ccc2Br)n1. The summed E-state index contributed by atoms with van der Waals surface area (Å²) in [5.41, 5.74) is 0.521. The second kappa shape index (κ2) is 5.13. The summed E-state index contributed by atoms with van der Waals surface area (Å²) in [5.74, 6) is 0.182. The lowest BCUT2D eigenvalue weighted by Crippen LogP contribution is -2.13. The molecule has 0 saturated carbocycles. The molecule has 2 rings (SSSR count). The van der Waals surface area contributed by atoms with Crippen LogP contribution in [0.2, 0.25) is 0 Å². The van der Waals surface area contributed by atoms with Crippen molar-refractivity contribution >= 4 is 50.4 Å².